The molecule has 33 heavy (non-hydrogen) atoms. The molecule has 6 nitrogen and oxygen atoms in total. The minimum atomic E-state index is -3.92. The van der Waals surface area contributed by atoms with Gasteiger partial charge in [-0.05, 0) is 62.1 Å². The molecule has 0 fully saturated rings. The number of nitrogens with zero attached hydrogens (tertiary/aromatic N) is 1. The van der Waals surface area contributed by atoms with Crippen LogP contribution < -0.4 is 14.4 Å². The molecule has 3 rings (SSSR count). The van der Waals surface area contributed by atoms with Gasteiger partial charge in [-0.25, -0.2) is 8.42 Å². The molecule has 3 aromatic rings. The van der Waals surface area contributed by atoms with Gasteiger partial charge < -0.3 is 10.1 Å². The number of carbonyl (C=O) groups excluding carboxylic acids is 1. The standard InChI is InChI=1S/C26H30N2O4S/c1-20-14-16-23(17-15-20)33(30,31)28(24-12-6-4-9-21(24)2)19-26(29)27-18-8-11-22-10-5-7-13-25(22)32-3/h4-7,9-10,12-17H,8,11,18-19H2,1-3H3,(H,27,29). The molecule has 0 saturated carbocycles. The molecule has 0 atom stereocenters. The Balaban J connectivity index is 1.72. The van der Waals surface area contributed by atoms with Gasteiger partial charge in [0, 0.05) is 6.54 Å². The first-order chi connectivity index (χ1) is 15.8. The molecule has 0 saturated heterocycles. The smallest absolute Gasteiger partial charge is 0.264 e. The third-order valence-electron chi connectivity index (χ3n) is 5.42. The number of anilines is 1. The van der Waals surface area contributed by atoms with Crippen LogP contribution in [0.15, 0.2) is 77.7 Å². The van der Waals surface area contributed by atoms with Crippen molar-refractivity contribution in [2.75, 3.05) is 24.5 Å². The number of amides is 1. The third kappa shape index (κ3) is 6.14. The van der Waals surface area contributed by atoms with Gasteiger partial charge >= 0.3 is 0 Å². The zero-order valence-corrected chi connectivity index (χ0v) is 20.1. The zero-order valence-electron chi connectivity index (χ0n) is 19.2. The van der Waals surface area contributed by atoms with Crippen molar-refractivity contribution in [3.05, 3.63) is 89.5 Å². The van der Waals surface area contributed by atoms with Crippen LogP contribution in [0.2, 0.25) is 0 Å². The monoisotopic (exact) mass is 466 g/mol. The molecule has 0 radical (unpaired) electrons. The van der Waals surface area contributed by atoms with E-state index >= 15 is 0 Å². The summed E-state index contributed by atoms with van der Waals surface area (Å²) >= 11 is 0. The van der Waals surface area contributed by atoms with E-state index in [4.69, 9.17) is 4.74 Å². The number of ether oxygens (including phenoxy) is 1. The van der Waals surface area contributed by atoms with Gasteiger partial charge in [-0.2, -0.15) is 0 Å². The Kier molecular flexibility index (Phi) is 8.11. The quantitative estimate of drug-likeness (QED) is 0.453. The van der Waals surface area contributed by atoms with Crippen LogP contribution in [0.3, 0.4) is 0 Å². The number of hydrogen-bond donors (Lipinski definition) is 1. The number of rotatable bonds is 10. The minimum absolute atomic E-state index is 0.153. The molecule has 1 N–H and O–H groups in total. The molecule has 0 aliphatic carbocycles. The lowest BCUT2D eigenvalue weighted by Gasteiger charge is -2.25. The van der Waals surface area contributed by atoms with E-state index in [1.54, 1.807) is 43.5 Å². The zero-order chi connectivity index (χ0) is 23.8. The summed E-state index contributed by atoms with van der Waals surface area (Å²) in [5.41, 5.74) is 3.29. The van der Waals surface area contributed by atoms with Crippen LogP contribution >= 0.6 is 0 Å². The number of nitrogens with one attached hydrogen (secondary N) is 1. The highest BCUT2D eigenvalue weighted by molar-refractivity contribution is 7.92. The molecule has 0 aliphatic rings. The molecule has 3 aromatic carbocycles. The number of aryl methyl sites for hydroxylation is 3. The first-order valence-corrected chi connectivity index (χ1v) is 12.3. The van der Waals surface area contributed by atoms with E-state index in [0.29, 0.717) is 18.7 Å². The molecule has 0 heterocycles. The van der Waals surface area contributed by atoms with Crippen LogP contribution in [0.4, 0.5) is 5.69 Å². The Morgan fingerprint density at radius 3 is 2.30 bits per heavy atom. The number of para-hydroxylation sites is 2. The van der Waals surface area contributed by atoms with Crippen molar-refractivity contribution in [1.29, 1.82) is 0 Å². The summed E-state index contributed by atoms with van der Waals surface area (Å²) in [4.78, 5) is 12.9. The van der Waals surface area contributed by atoms with Crippen molar-refractivity contribution in [2.24, 2.45) is 0 Å². The van der Waals surface area contributed by atoms with Crippen molar-refractivity contribution in [2.45, 2.75) is 31.6 Å². The van der Waals surface area contributed by atoms with E-state index in [-0.39, 0.29) is 17.3 Å². The van der Waals surface area contributed by atoms with Crippen LogP contribution in [0.5, 0.6) is 5.75 Å². The predicted molar refractivity (Wildman–Crippen MR) is 131 cm³/mol. The van der Waals surface area contributed by atoms with Crippen LogP contribution in [0, 0.1) is 13.8 Å². The number of sulfonamides is 1. The fraction of sp³-hybridized carbons (Fsp3) is 0.269. The van der Waals surface area contributed by atoms with Crippen molar-refractivity contribution in [3.63, 3.8) is 0 Å². The Morgan fingerprint density at radius 1 is 0.939 bits per heavy atom. The number of hydrogen-bond acceptors (Lipinski definition) is 4. The van der Waals surface area contributed by atoms with Crippen LogP contribution in [0.25, 0.3) is 0 Å². The normalized spacial score (nSPS) is 11.1. The summed E-state index contributed by atoms with van der Waals surface area (Å²) in [7, 11) is -2.28. The van der Waals surface area contributed by atoms with E-state index in [1.165, 1.54) is 4.31 Å². The number of carbonyl (C=O) groups is 1. The lowest BCUT2D eigenvalue weighted by Crippen LogP contribution is -2.41. The van der Waals surface area contributed by atoms with Crippen molar-refractivity contribution in [1.82, 2.24) is 5.32 Å². The lowest BCUT2D eigenvalue weighted by atomic mass is 10.1. The van der Waals surface area contributed by atoms with Crippen molar-refractivity contribution in [3.8, 4) is 5.75 Å². The lowest BCUT2D eigenvalue weighted by molar-refractivity contribution is -0.119. The van der Waals surface area contributed by atoms with Crippen molar-refractivity contribution < 1.29 is 17.9 Å². The van der Waals surface area contributed by atoms with Gasteiger partial charge in [0.25, 0.3) is 10.0 Å². The summed E-state index contributed by atoms with van der Waals surface area (Å²) in [5, 5.41) is 2.86. The Bertz CT molecular complexity index is 1190. The summed E-state index contributed by atoms with van der Waals surface area (Å²) < 4.78 is 33.4. The van der Waals surface area contributed by atoms with Gasteiger partial charge in [0.15, 0.2) is 0 Å². The molecule has 0 aromatic heterocycles. The van der Waals surface area contributed by atoms with Gasteiger partial charge in [0.2, 0.25) is 5.91 Å². The summed E-state index contributed by atoms with van der Waals surface area (Å²) in [6, 6.07) is 21.6. The molecular weight excluding hydrogens is 436 g/mol. The second-order valence-electron chi connectivity index (χ2n) is 7.88. The van der Waals surface area contributed by atoms with Gasteiger partial charge in [0.05, 0.1) is 17.7 Å². The highest BCUT2D eigenvalue weighted by Gasteiger charge is 2.28. The average molecular weight is 467 g/mol. The first-order valence-electron chi connectivity index (χ1n) is 10.9. The topological polar surface area (TPSA) is 75.7 Å². The van der Waals surface area contributed by atoms with Crippen LogP contribution in [-0.4, -0.2) is 34.5 Å². The van der Waals surface area contributed by atoms with E-state index < -0.39 is 10.0 Å². The third-order valence-corrected chi connectivity index (χ3v) is 7.19. The fourth-order valence-electron chi connectivity index (χ4n) is 3.58. The van der Waals surface area contributed by atoms with Gasteiger partial charge in [0.1, 0.15) is 12.3 Å². The average Bonchev–Trinajstić information content (AvgIpc) is 2.81. The van der Waals surface area contributed by atoms with Gasteiger partial charge in [-0.15, -0.1) is 0 Å². The van der Waals surface area contributed by atoms with E-state index in [1.807, 2.05) is 50.2 Å². The molecule has 174 valence electrons. The first kappa shape index (κ1) is 24.3. The molecule has 7 heteroatoms. The van der Waals surface area contributed by atoms with E-state index in [9.17, 15) is 13.2 Å². The fourth-order valence-corrected chi connectivity index (χ4v) is 5.07. The Morgan fingerprint density at radius 2 is 1.61 bits per heavy atom. The van der Waals surface area contributed by atoms with Gasteiger partial charge in [-0.3, -0.25) is 9.10 Å². The largest absolute Gasteiger partial charge is 0.496 e. The highest BCUT2D eigenvalue weighted by atomic mass is 32.2. The predicted octanol–water partition coefficient (Wildman–Crippen LogP) is 4.26. The number of methoxy groups -OCH3 is 1. The molecule has 0 bridgehead atoms. The molecule has 0 spiro atoms. The maximum atomic E-state index is 13.4. The molecular formula is C26H30N2O4S. The van der Waals surface area contributed by atoms with Crippen molar-refractivity contribution >= 4 is 21.6 Å². The Labute approximate surface area is 196 Å². The summed E-state index contributed by atoms with van der Waals surface area (Å²) in [6.07, 6.45) is 1.45. The van der Waals surface area contributed by atoms with Gasteiger partial charge in [-0.1, -0.05) is 54.1 Å². The van der Waals surface area contributed by atoms with E-state index in [0.717, 1.165) is 28.9 Å². The molecule has 0 aliphatic heterocycles. The second kappa shape index (κ2) is 11.0. The summed E-state index contributed by atoms with van der Waals surface area (Å²) in [6.45, 7) is 3.87. The van der Waals surface area contributed by atoms with E-state index in [2.05, 4.69) is 5.32 Å². The second-order valence-corrected chi connectivity index (χ2v) is 9.74. The molecule has 1 amide bonds. The summed E-state index contributed by atoms with van der Waals surface area (Å²) in [5.74, 6) is 0.465. The number of benzene rings is 3. The van der Waals surface area contributed by atoms with Crippen LogP contribution in [-0.2, 0) is 21.2 Å². The minimum Gasteiger partial charge on any atom is -0.496 e. The molecule has 0 unspecified atom stereocenters. The highest BCUT2D eigenvalue weighted by Crippen LogP contribution is 2.26. The van der Waals surface area contributed by atoms with Crippen LogP contribution in [0.1, 0.15) is 23.1 Å². The Hall–Kier alpha value is -3.32. The SMILES string of the molecule is COc1ccccc1CCCNC(=O)CN(c1ccccc1C)S(=O)(=O)c1ccc(C)cc1. The maximum absolute atomic E-state index is 13.4. The maximum Gasteiger partial charge on any atom is 0.264 e.